The molecule has 1 N–H and O–H groups in total. The zero-order chi connectivity index (χ0) is 15.6. The molecule has 0 fully saturated rings. The van der Waals surface area contributed by atoms with E-state index in [0.29, 0.717) is 5.56 Å². The summed E-state index contributed by atoms with van der Waals surface area (Å²) in [5.74, 6) is 0.0683. The van der Waals surface area contributed by atoms with Gasteiger partial charge in [0.25, 0.3) is 5.69 Å². The number of halogens is 1. The molecule has 5 nitrogen and oxygen atoms in total. The van der Waals surface area contributed by atoms with Crippen LogP contribution in [0.25, 0.3) is 0 Å². The number of aliphatic hydroxyl groups is 1. The maximum atomic E-state index is 13.6. The van der Waals surface area contributed by atoms with Crippen molar-refractivity contribution in [2.45, 2.75) is 20.0 Å². The molecule has 0 heterocycles. The van der Waals surface area contributed by atoms with Crippen LogP contribution in [0.15, 0.2) is 36.4 Å². The Morgan fingerprint density at radius 3 is 2.67 bits per heavy atom. The maximum absolute atomic E-state index is 13.6. The fraction of sp³-hybridized carbons (Fsp3) is 0.200. The number of hydrogen-bond donors (Lipinski definition) is 1. The van der Waals surface area contributed by atoms with Gasteiger partial charge in [0.2, 0.25) is 0 Å². The van der Waals surface area contributed by atoms with Crippen LogP contribution >= 0.6 is 0 Å². The molecular formula is C15H14FNO4. The first-order valence-corrected chi connectivity index (χ1v) is 6.29. The molecule has 110 valence electrons. The molecule has 1 unspecified atom stereocenters. The van der Waals surface area contributed by atoms with Gasteiger partial charge in [0, 0.05) is 11.6 Å². The lowest BCUT2D eigenvalue weighted by Crippen LogP contribution is -1.99. The highest BCUT2D eigenvalue weighted by molar-refractivity contribution is 5.45. The zero-order valence-electron chi connectivity index (χ0n) is 11.5. The molecule has 0 saturated heterocycles. The van der Waals surface area contributed by atoms with E-state index >= 15 is 0 Å². The van der Waals surface area contributed by atoms with Crippen molar-refractivity contribution in [3.63, 3.8) is 0 Å². The molecular weight excluding hydrogens is 277 g/mol. The van der Waals surface area contributed by atoms with Crippen LogP contribution in [-0.2, 0) is 0 Å². The van der Waals surface area contributed by atoms with Crippen molar-refractivity contribution in [1.29, 1.82) is 0 Å². The molecule has 0 aliphatic carbocycles. The van der Waals surface area contributed by atoms with Gasteiger partial charge in [-0.3, -0.25) is 10.1 Å². The number of benzene rings is 2. The third-order valence-electron chi connectivity index (χ3n) is 3.00. The van der Waals surface area contributed by atoms with Crippen LogP contribution < -0.4 is 4.74 Å². The topological polar surface area (TPSA) is 72.6 Å². The van der Waals surface area contributed by atoms with Crippen LogP contribution in [0.2, 0.25) is 0 Å². The molecule has 0 spiro atoms. The van der Waals surface area contributed by atoms with Gasteiger partial charge in [-0.25, -0.2) is 4.39 Å². The summed E-state index contributed by atoms with van der Waals surface area (Å²) >= 11 is 0. The Morgan fingerprint density at radius 2 is 2.05 bits per heavy atom. The number of aryl methyl sites for hydroxylation is 1. The lowest BCUT2D eigenvalue weighted by atomic mass is 10.1. The second-order valence-corrected chi connectivity index (χ2v) is 4.67. The molecule has 1 atom stereocenters. The number of rotatable bonds is 4. The van der Waals surface area contributed by atoms with E-state index < -0.39 is 16.8 Å². The Bertz CT molecular complexity index is 685. The van der Waals surface area contributed by atoms with Gasteiger partial charge in [0.05, 0.1) is 17.1 Å². The smallest absolute Gasteiger partial charge is 0.273 e. The predicted molar refractivity (Wildman–Crippen MR) is 74.9 cm³/mol. The highest BCUT2D eigenvalue weighted by Crippen LogP contribution is 2.33. The van der Waals surface area contributed by atoms with Crippen LogP contribution in [0.4, 0.5) is 10.1 Å². The third kappa shape index (κ3) is 3.35. The summed E-state index contributed by atoms with van der Waals surface area (Å²) in [5.41, 5.74) is 0.536. The second kappa shape index (κ2) is 5.88. The van der Waals surface area contributed by atoms with Gasteiger partial charge in [-0.2, -0.15) is 0 Å². The molecule has 0 aromatic heterocycles. The van der Waals surface area contributed by atoms with Crippen LogP contribution in [0.5, 0.6) is 11.5 Å². The number of aliphatic hydroxyl groups excluding tert-OH is 1. The summed E-state index contributed by atoms with van der Waals surface area (Å²) in [4.78, 5) is 10.2. The number of nitrogens with zero attached hydrogens (tertiary/aromatic N) is 1. The molecule has 2 aromatic carbocycles. The summed E-state index contributed by atoms with van der Waals surface area (Å²) in [5, 5.41) is 20.4. The number of hydrogen-bond acceptors (Lipinski definition) is 4. The Kier molecular flexibility index (Phi) is 4.18. The average Bonchev–Trinajstić information content (AvgIpc) is 2.42. The minimum absolute atomic E-state index is 0.107. The lowest BCUT2D eigenvalue weighted by Gasteiger charge is -2.14. The summed E-state index contributed by atoms with van der Waals surface area (Å²) in [6, 6.07) is 8.31. The maximum Gasteiger partial charge on any atom is 0.273 e. The highest BCUT2D eigenvalue weighted by atomic mass is 19.1. The van der Waals surface area contributed by atoms with E-state index in [1.807, 2.05) is 0 Å². The van der Waals surface area contributed by atoms with Crippen molar-refractivity contribution in [2.24, 2.45) is 0 Å². The number of non-ortho nitro benzene ring substituents is 1. The van der Waals surface area contributed by atoms with Gasteiger partial charge in [0.1, 0.15) is 17.3 Å². The largest absolute Gasteiger partial charge is 0.457 e. The van der Waals surface area contributed by atoms with Crippen molar-refractivity contribution in [3.05, 3.63) is 63.5 Å². The van der Waals surface area contributed by atoms with Gasteiger partial charge in [-0.15, -0.1) is 0 Å². The molecule has 0 aliphatic rings. The van der Waals surface area contributed by atoms with Gasteiger partial charge < -0.3 is 9.84 Å². The molecule has 0 aliphatic heterocycles. The first-order chi connectivity index (χ1) is 9.88. The first-order valence-electron chi connectivity index (χ1n) is 6.29. The van der Waals surface area contributed by atoms with E-state index in [9.17, 15) is 19.6 Å². The molecule has 2 rings (SSSR count). The molecule has 0 amide bonds. The minimum Gasteiger partial charge on any atom is -0.457 e. The van der Waals surface area contributed by atoms with Gasteiger partial charge >= 0.3 is 0 Å². The fourth-order valence-corrected chi connectivity index (χ4v) is 1.87. The molecule has 21 heavy (non-hydrogen) atoms. The standard InChI is InChI=1S/C15H14FNO4/c1-9-6-15(13(10(2)18)8-14(9)16)21-12-5-3-4-11(7-12)17(19)20/h3-8,10,18H,1-2H3. The fourth-order valence-electron chi connectivity index (χ4n) is 1.87. The van der Waals surface area contributed by atoms with Crippen molar-refractivity contribution in [2.75, 3.05) is 0 Å². The van der Waals surface area contributed by atoms with Crippen molar-refractivity contribution < 1.29 is 19.2 Å². The number of nitro benzene ring substituents is 1. The second-order valence-electron chi connectivity index (χ2n) is 4.67. The molecule has 0 radical (unpaired) electrons. The van der Waals surface area contributed by atoms with E-state index in [0.717, 1.165) is 0 Å². The molecule has 6 heteroatoms. The van der Waals surface area contributed by atoms with E-state index in [4.69, 9.17) is 4.74 Å². The highest BCUT2D eigenvalue weighted by Gasteiger charge is 2.15. The minimum atomic E-state index is -0.922. The number of ether oxygens (including phenoxy) is 1. The van der Waals surface area contributed by atoms with Crippen LogP contribution in [0.3, 0.4) is 0 Å². The Hall–Kier alpha value is -2.47. The third-order valence-corrected chi connectivity index (χ3v) is 3.00. The van der Waals surface area contributed by atoms with Crippen LogP contribution in [0, 0.1) is 22.9 Å². The van der Waals surface area contributed by atoms with Gasteiger partial charge in [0.15, 0.2) is 0 Å². The SMILES string of the molecule is Cc1cc(Oc2cccc([N+](=O)[O-])c2)c(C(C)O)cc1F. The van der Waals surface area contributed by atoms with Crippen molar-refractivity contribution in [1.82, 2.24) is 0 Å². The van der Waals surface area contributed by atoms with Gasteiger partial charge in [-0.05, 0) is 37.6 Å². The normalized spacial score (nSPS) is 12.0. The lowest BCUT2D eigenvalue weighted by molar-refractivity contribution is -0.384. The molecule has 0 saturated carbocycles. The van der Waals surface area contributed by atoms with Crippen molar-refractivity contribution in [3.8, 4) is 11.5 Å². The summed E-state index contributed by atoms with van der Waals surface area (Å²) in [6.45, 7) is 3.06. The Balaban J connectivity index is 2.41. The summed E-state index contributed by atoms with van der Waals surface area (Å²) < 4.78 is 19.1. The predicted octanol–water partition coefficient (Wildman–Crippen LogP) is 3.89. The average molecular weight is 291 g/mol. The Labute approximate surface area is 120 Å². The summed E-state index contributed by atoms with van der Waals surface area (Å²) in [7, 11) is 0. The van der Waals surface area contributed by atoms with E-state index in [-0.39, 0.29) is 22.7 Å². The monoisotopic (exact) mass is 291 g/mol. The number of nitro groups is 1. The first kappa shape index (κ1) is 14.9. The van der Waals surface area contributed by atoms with Crippen LogP contribution in [0.1, 0.15) is 24.2 Å². The van der Waals surface area contributed by atoms with E-state index in [1.165, 1.54) is 37.3 Å². The van der Waals surface area contributed by atoms with E-state index in [2.05, 4.69) is 0 Å². The Morgan fingerprint density at radius 1 is 1.33 bits per heavy atom. The quantitative estimate of drug-likeness (QED) is 0.685. The molecule has 0 bridgehead atoms. The molecule has 2 aromatic rings. The van der Waals surface area contributed by atoms with Crippen LogP contribution in [-0.4, -0.2) is 10.0 Å². The van der Waals surface area contributed by atoms with Crippen molar-refractivity contribution >= 4 is 5.69 Å². The van der Waals surface area contributed by atoms with E-state index in [1.54, 1.807) is 13.0 Å². The summed E-state index contributed by atoms with van der Waals surface area (Å²) in [6.07, 6.45) is -0.922. The van der Waals surface area contributed by atoms with Gasteiger partial charge in [-0.1, -0.05) is 6.07 Å². The zero-order valence-corrected chi connectivity index (χ0v) is 11.5.